The molecule has 0 amide bonds. The lowest BCUT2D eigenvalue weighted by molar-refractivity contribution is 0.234. The number of nitrogen functional groups attached to an aromatic ring is 1. The van der Waals surface area contributed by atoms with Gasteiger partial charge in [-0.1, -0.05) is 11.6 Å². The van der Waals surface area contributed by atoms with Crippen LogP contribution in [0.1, 0.15) is 13.8 Å². The van der Waals surface area contributed by atoms with Gasteiger partial charge in [-0.05, 0) is 48.0 Å². The van der Waals surface area contributed by atoms with Crippen LogP contribution in [0.25, 0.3) is 0 Å². The first-order valence-electron chi connectivity index (χ1n) is 5.96. The number of halogens is 2. The van der Waals surface area contributed by atoms with Crippen molar-refractivity contribution in [2.24, 2.45) is 0 Å². The zero-order valence-corrected chi connectivity index (χ0v) is 13.4. The average Bonchev–Trinajstić information content (AvgIpc) is 2.38. The van der Waals surface area contributed by atoms with Crippen molar-refractivity contribution in [1.82, 2.24) is 9.97 Å². The Morgan fingerprint density at radius 2 is 2.10 bits per heavy atom. The molecular formula is C13H14BrClN4O. The highest BCUT2D eigenvalue weighted by Gasteiger charge is 2.11. The molecule has 1 heterocycles. The zero-order chi connectivity index (χ0) is 14.7. The van der Waals surface area contributed by atoms with E-state index < -0.39 is 0 Å². The number of benzene rings is 1. The Bertz CT molecular complexity index is 621. The molecule has 0 aliphatic heterocycles. The third kappa shape index (κ3) is 3.52. The molecule has 0 spiro atoms. The summed E-state index contributed by atoms with van der Waals surface area (Å²) in [6.07, 6.45) is 1.39. The van der Waals surface area contributed by atoms with E-state index in [0.717, 1.165) is 10.2 Å². The molecule has 0 atom stereocenters. The molecule has 0 fully saturated rings. The summed E-state index contributed by atoms with van der Waals surface area (Å²) >= 11 is 9.32. The number of ether oxygens (including phenoxy) is 1. The van der Waals surface area contributed by atoms with E-state index in [-0.39, 0.29) is 6.10 Å². The van der Waals surface area contributed by atoms with Gasteiger partial charge in [-0.15, -0.1) is 0 Å². The molecule has 0 aliphatic carbocycles. The van der Waals surface area contributed by atoms with Crippen molar-refractivity contribution < 1.29 is 4.74 Å². The van der Waals surface area contributed by atoms with Gasteiger partial charge in [-0.3, -0.25) is 0 Å². The molecule has 0 radical (unpaired) electrons. The standard InChI is InChI=1S/C13H14BrClN4O/c1-7(2)20-13-11(16)12(17-6-18-13)19-8-3-4-10(15)9(14)5-8/h3-7H,16H2,1-2H3,(H,17,18,19). The molecule has 0 saturated heterocycles. The molecule has 3 N–H and O–H groups in total. The van der Waals surface area contributed by atoms with E-state index in [1.165, 1.54) is 6.33 Å². The maximum atomic E-state index is 6.00. The minimum absolute atomic E-state index is 0.00951. The van der Waals surface area contributed by atoms with E-state index in [1.807, 2.05) is 26.0 Å². The highest BCUT2D eigenvalue weighted by atomic mass is 79.9. The Balaban J connectivity index is 2.27. The Hall–Kier alpha value is -1.53. The lowest BCUT2D eigenvalue weighted by Gasteiger charge is -2.14. The second-order valence-corrected chi connectivity index (χ2v) is 5.62. The Morgan fingerprint density at radius 1 is 1.35 bits per heavy atom. The Labute approximate surface area is 130 Å². The molecule has 20 heavy (non-hydrogen) atoms. The second-order valence-electron chi connectivity index (χ2n) is 4.36. The average molecular weight is 358 g/mol. The summed E-state index contributed by atoms with van der Waals surface area (Å²) in [5, 5.41) is 3.74. The molecule has 1 aromatic heterocycles. The highest BCUT2D eigenvalue weighted by Crippen LogP contribution is 2.31. The number of hydrogen-bond donors (Lipinski definition) is 2. The monoisotopic (exact) mass is 356 g/mol. The number of aromatic nitrogens is 2. The van der Waals surface area contributed by atoms with Crippen LogP contribution in [0.3, 0.4) is 0 Å². The summed E-state index contributed by atoms with van der Waals surface area (Å²) in [7, 11) is 0. The minimum Gasteiger partial charge on any atom is -0.473 e. The molecule has 5 nitrogen and oxygen atoms in total. The van der Waals surface area contributed by atoms with Crippen molar-refractivity contribution in [1.29, 1.82) is 0 Å². The second kappa shape index (κ2) is 6.28. The molecule has 0 saturated carbocycles. The van der Waals surface area contributed by atoms with Crippen LogP contribution in [-0.4, -0.2) is 16.1 Å². The molecule has 0 aliphatic rings. The molecule has 2 aromatic rings. The number of anilines is 3. The van der Waals surface area contributed by atoms with Gasteiger partial charge >= 0.3 is 0 Å². The van der Waals surface area contributed by atoms with Crippen LogP contribution in [0.4, 0.5) is 17.2 Å². The molecular weight excluding hydrogens is 344 g/mol. The van der Waals surface area contributed by atoms with Crippen molar-refractivity contribution in [2.75, 3.05) is 11.1 Å². The van der Waals surface area contributed by atoms with Crippen LogP contribution in [0.15, 0.2) is 29.0 Å². The normalized spacial score (nSPS) is 10.7. The van der Waals surface area contributed by atoms with E-state index in [0.29, 0.717) is 22.4 Å². The quantitative estimate of drug-likeness (QED) is 0.865. The fourth-order valence-corrected chi connectivity index (χ4v) is 2.00. The molecule has 2 rings (SSSR count). The Kier molecular flexibility index (Phi) is 4.67. The van der Waals surface area contributed by atoms with Crippen molar-refractivity contribution in [3.63, 3.8) is 0 Å². The van der Waals surface area contributed by atoms with E-state index >= 15 is 0 Å². The van der Waals surface area contributed by atoms with Crippen LogP contribution in [-0.2, 0) is 0 Å². The Morgan fingerprint density at radius 3 is 2.75 bits per heavy atom. The van der Waals surface area contributed by atoms with Gasteiger partial charge in [-0.25, -0.2) is 4.98 Å². The summed E-state index contributed by atoms with van der Waals surface area (Å²) in [6.45, 7) is 3.82. The fraction of sp³-hybridized carbons (Fsp3) is 0.231. The van der Waals surface area contributed by atoms with E-state index in [2.05, 4.69) is 31.2 Å². The van der Waals surface area contributed by atoms with Crippen LogP contribution in [0, 0.1) is 0 Å². The smallest absolute Gasteiger partial charge is 0.242 e. The fourth-order valence-electron chi connectivity index (χ4n) is 1.51. The van der Waals surface area contributed by atoms with Gasteiger partial charge in [0.15, 0.2) is 5.82 Å². The third-order valence-corrected chi connectivity index (χ3v) is 3.59. The largest absolute Gasteiger partial charge is 0.473 e. The van der Waals surface area contributed by atoms with Gasteiger partial charge in [0.25, 0.3) is 0 Å². The molecule has 0 unspecified atom stereocenters. The van der Waals surface area contributed by atoms with E-state index in [4.69, 9.17) is 22.1 Å². The number of rotatable bonds is 4. The first kappa shape index (κ1) is 14.9. The van der Waals surface area contributed by atoms with Gasteiger partial charge in [0.1, 0.15) is 12.0 Å². The van der Waals surface area contributed by atoms with Gasteiger partial charge in [0, 0.05) is 10.2 Å². The van der Waals surface area contributed by atoms with Crippen LogP contribution in [0.2, 0.25) is 5.02 Å². The predicted octanol–water partition coefficient (Wildman–Crippen LogP) is 4.01. The summed E-state index contributed by atoms with van der Waals surface area (Å²) in [4.78, 5) is 8.14. The number of nitrogens with one attached hydrogen (secondary N) is 1. The first-order valence-corrected chi connectivity index (χ1v) is 7.13. The van der Waals surface area contributed by atoms with Gasteiger partial charge in [0.2, 0.25) is 5.88 Å². The van der Waals surface area contributed by atoms with Gasteiger partial charge < -0.3 is 15.8 Å². The summed E-state index contributed by atoms with van der Waals surface area (Å²) in [5.41, 5.74) is 7.17. The molecule has 106 valence electrons. The summed E-state index contributed by atoms with van der Waals surface area (Å²) < 4.78 is 6.31. The summed E-state index contributed by atoms with van der Waals surface area (Å²) in [5.74, 6) is 0.857. The lowest BCUT2D eigenvalue weighted by atomic mass is 10.3. The number of hydrogen-bond acceptors (Lipinski definition) is 5. The highest BCUT2D eigenvalue weighted by molar-refractivity contribution is 9.10. The zero-order valence-electron chi connectivity index (χ0n) is 11.0. The third-order valence-electron chi connectivity index (χ3n) is 2.38. The van der Waals surface area contributed by atoms with Crippen molar-refractivity contribution >= 4 is 44.7 Å². The topological polar surface area (TPSA) is 73.1 Å². The molecule has 1 aromatic carbocycles. The number of nitrogens with two attached hydrogens (primary N) is 1. The van der Waals surface area contributed by atoms with E-state index in [9.17, 15) is 0 Å². The molecule has 7 heteroatoms. The van der Waals surface area contributed by atoms with Crippen molar-refractivity contribution in [3.05, 3.63) is 34.0 Å². The van der Waals surface area contributed by atoms with Gasteiger partial charge in [0.05, 0.1) is 11.1 Å². The van der Waals surface area contributed by atoms with Crippen molar-refractivity contribution in [3.8, 4) is 5.88 Å². The van der Waals surface area contributed by atoms with Crippen LogP contribution < -0.4 is 15.8 Å². The SMILES string of the molecule is CC(C)Oc1ncnc(Nc2ccc(Cl)c(Br)c2)c1N. The van der Waals surface area contributed by atoms with Gasteiger partial charge in [-0.2, -0.15) is 4.98 Å². The van der Waals surface area contributed by atoms with Crippen molar-refractivity contribution in [2.45, 2.75) is 20.0 Å². The maximum Gasteiger partial charge on any atom is 0.242 e. The maximum absolute atomic E-state index is 6.00. The first-order chi connectivity index (χ1) is 9.47. The lowest BCUT2D eigenvalue weighted by Crippen LogP contribution is -2.10. The van der Waals surface area contributed by atoms with Crippen LogP contribution in [0.5, 0.6) is 5.88 Å². The molecule has 0 bridgehead atoms. The minimum atomic E-state index is -0.00951. The van der Waals surface area contributed by atoms with Crippen LogP contribution >= 0.6 is 27.5 Å². The summed E-state index contributed by atoms with van der Waals surface area (Å²) in [6, 6.07) is 5.45. The number of nitrogens with zero attached hydrogens (tertiary/aromatic N) is 2. The van der Waals surface area contributed by atoms with E-state index in [1.54, 1.807) is 6.07 Å². The predicted molar refractivity (Wildman–Crippen MR) is 84.6 cm³/mol.